The van der Waals surface area contributed by atoms with Crippen LogP contribution >= 0.6 is 0 Å². The van der Waals surface area contributed by atoms with Crippen LogP contribution in [0.25, 0.3) is 0 Å². The van der Waals surface area contributed by atoms with E-state index < -0.39 is 6.04 Å². The molecule has 0 spiro atoms. The molecule has 1 amide bonds. The second-order valence-electron chi connectivity index (χ2n) is 4.87. The van der Waals surface area contributed by atoms with Crippen LogP contribution in [0.4, 0.5) is 4.39 Å². The second kappa shape index (κ2) is 7.11. The maximum absolute atomic E-state index is 13.3. The van der Waals surface area contributed by atoms with Gasteiger partial charge in [-0.25, -0.2) is 4.39 Å². The molecule has 1 atom stereocenters. The fraction of sp³-hybridized carbons (Fsp3) is 0.500. The van der Waals surface area contributed by atoms with Crippen LogP contribution in [0, 0.1) is 11.7 Å². The smallest absolute Gasteiger partial charge is 0.236 e. The molecule has 3 nitrogen and oxygen atoms in total. The summed E-state index contributed by atoms with van der Waals surface area (Å²) in [5.74, 6) is -0.0180. The number of amides is 1. The van der Waals surface area contributed by atoms with Crippen molar-refractivity contribution in [1.29, 1.82) is 0 Å². The molecule has 18 heavy (non-hydrogen) atoms. The van der Waals surface area contributed by atoms with E-state index in [-0.39, 0.29) is 11.7 Å². The van der Waals surface area contributed by atoms with E-state index in [0.717, 1.165) is 0 Å². The number of carbonyl (C=O) groups is 1. The minimum Gasteiger partial charge on any atom is -0.354 e. The monoisotopic (exact) mass is 252 g/mol. The summed E-state index contributed by atoms with van der Waals surface area (Å²) in [6, 6.07) is 6.09. The predicted molar refractivity (Wildman–Crippen MR) is 70.5 cm³/mol. The zero-order valence-electron chi connectivity index (χ0n) is 10.9. The minimum atomic E-state index is -0.481. The molecular formula is C14H21FN2O. The van der Waals surface area contributed by atoms with Crippen molar-refractivity contribution in [1.82, 2.24) is 5.32 Å². The zero-order chi connectivity index (χ0) is 13.5. The molecule has 0 saturated heterocycles. The van der Waals surface area contributed by atoms with Gasteiger partial charge in [0.1, 0.15) is 5.82 Å². The first kappa shape index (κ1) is 14.6. The number of nitrogens with one attached hydrogen (secondary N) is 1. The Hall–Kier alpha value is -1.42. The Bertz CT molecular complexity index is 393. The number of nitrogens with two attached hydrogens (primary N) is 1. The van der Waals surface area contributed by atoms with Crippen molar-refractivity contribution in [3.63, 3.8) is 0 Å². The fourth-order valence-electron chi connectivity index (χ4n) is 1.77. The third-order valence-electron chi connectivity index (χ3n) is 2.71. The van der Waals surface area contributed by atoms with Crippen molar-refractivity contribution in [2.45, 2.75) is 32.7 Å². The largest absolute Gasteiger partial charge is 0.354 e. The number of rotatable bonds is 6. The van der Waals surface area contributed by atoms with Gasteiger partial charge in [0.15, 0.2) is 0 Å². The van der Waals surface area contributed by atoms with Gasteiger partial charge in [0, 0.05) is 6.54 Å². The van der Waals surface area contributed by atoms with Crippen LogP contribution in [-0.2, 0) is 11.2 Å². The highest BCUT2D eigenvalue weighted by Crippen LogP contribution is 2.06. The minimum absolute atomic E-state index is 0.167. The average molecular weight is 252 g/mol. The lowest BCUT2D eigenvalue weighted by Crippen LogP contribution is -2.42. The van der Waals surface area contributed by atoms with Crippen LogP contribution in [0.15, 0.2) is 24.3 Å². The molecule has 0 heterocycles. The van der Waals surface area contributed by atoms with Crippen molar-refractivity contribution >= 4 is 5.91 Å². The molecule has 0 fully saturated rings. The van der Waals surface area contributed by atoms with Gasteiger partial charge in [-0.3, -0.25) is 4.79 Å². The van der Waals surface area contributed by atoms with E-state index in [1.165, 1.54) is 6.07 Å². The molecule has 0 bridgehead atoms. The predicted octanol–water partition coefficient (Wildman–Crippen LogP) is 1.86. The van der Waals surface area contributed by atoms with Gasteiger partial charge in [-0.05, 0) is 30.4 Å². The molecule has 0 aliphatic carbocycles. The molecular weight excluding hydrogens is 231 g/mol. The Morgan fingerprint density at radius 2 is 2.06 bits per heavy atom. The molecule has 0 aliphatic heterocycles. The first-order valence-corrected chi connectivity index (χ1v) is 6.27. The molecule has 1 aromatic rings. The van der Waals surface area contributed by atoms with Crippen LogP contribution < -0.4 is 11.1 Å². The van der Waals surface area contributed by atoms with Crippen LogP contribution in [0.1, 0.15) is 25.8 Å². The van der Waals surface area contributed by atoms with Crippen LogP contribution in [0.3, 0.4) is 0 Å². The quantitative estimate of drug-likeness (QED) is 0.812. The van der Waals surface area contributed by atoms with Gasteiger partial charge in [0.2, 0.25) is 5.91 Å². The average Bonchev–Trinajstić information content (AvgIpc) is 2.30. The van der Waals surface area contributed by atoms with Crippen molar-refractivity contribution in [2.24, 2.45) is 11.7 Å². The summed E-state index contributed by atoms with van der Waals surface area (Å²) in [5, 5.41) is 2.73. The first-order valence-electron chi connectivity index (χ1n) is 6.27. The van der Waals surface area contributed by atoms with E-state index in [0.29, 0.717) is 30.9 Å². The molecule has 1 rings (SSSR count). The lowest BCUT2D eigenvalue weighted by Gasteiger charge is -2.14. The highest BCUT2D eigenvalue weighted by Gasteiger charge is 2.14. The lowest BCUT2D eigenvalue weighted by molar-refractivity contribution is -0.122. The van der Waals surface area contributed by atoms with E-state index in [2.05, 4.69) is 5.32 Å². The lowest BCUT2D eigenvalue weighted by atomic mass is 10.0. The van der Waals surface area contributed by atoms with E-state index in [9.17, 15) is 9.18 Å². The van der Waals surface area contributed by atoms with Gasteiger partial charge in [-0.2, -0.15) is 0 Å². The highest BCUT2D eigenvalue weighted by atomic mass is 19.1. The summed E-state index contributed by atoms with van der Waals surface area (Å²) in [7, 11) is 0. The summed E-state index contributed by atoms with van der Waals surface area (Å²) in [5.41, 5.74) is 6.35. The van der Waals surface area contributed by atoms with E-state index in [1.807, 2.05) is 13.8 Å². The molecule has 0 radical (unpaired) electrons. The number of carbonyl (C=O) groups excluding carboxylic acids is 1. The van der Waals surface area contributed by atoms with Crippen molar-refractivity contribution in [3.05, 3.63) is 35.6 Å². The number of hydrogen-bond acceptors (Lipinski definition) is 2. The van der Waals surface area contributed by atoms with Gasteiger partial charge < -0.3 is 11.1 Å². The maximum Gasteiger partial charge on any atom is 0.236 e. The first-order chi connectivity index (χ1) is 8.50. The maximum atomic E-state index is 13.3. The van der Waals surface area contributed by atoms with Crippen molar-refractivity contribution in [2.75, 3.05) is 6.54 Å². The fourth-order valence-corrected chi connectivity index (χ4v) is 1.77. The van der Waals surface area contributed by atoms with Gasteiger partial charge in [0.05, 0.1) is 6.04 Å². The van der Waals surface area contributed by atoms with Gasteiger partial charge >= 0.3 is 0 Å². The summed E-state index contributed by atoms with van der Waals surface area (Å²) < 4.78 is 13.3. The molecule has 0 aliphatic rings. The van der Waals surface area contributed by atoms with E-state index in [1.54, 1.807) is 18.2 Å². The number of halogens is 1. The molecule has 0 aromatic heterocycles. The third kappa shape index (κ3) is 4.84. The van der Waals surface area contributed by atoms with Crippen LogP contribution in [0.2, 0.25) is 0 Å². The molecule has 1 aromatic carbocycles. The zero-order valence-corrected chi connectivity index (χ0v) is 10.9. The molecule has 0 saturated carbocycles. The van der Waals surface area contributed by atoms with Gasteiger partial charge in [-0.15, -0.1) is 0 Å². The topological polar surface area (TPSA) is 55.1 Å². The van der Waals surface area contributed by atoms with Crippen LogP contribution in [-0.4, -0.2) is 18.5 Å². The summed E-state index contributed by atoms with van der Waals surface area (Å²) >= 11 is 0. The van der Waals surface area contributed by atoms with Crippen molar-refractivity contribution in [3.8, 4) is 0 Å². The van der Waals surface area contributed by atoms with E-state index in [4.69, 9.17) is 5.73 Å². The standard InChI is InChI=1S/C14H21FN2O/c1-10(2)9-13(16)14(18)17-8-7-11-5-3-4-6-12(11)15/h3-6,10,13H,7-9,16H2,1-2H3,(H,17,18)/t13-/m0/s1. The third-order valence-corrected chi connectivity index (χ3v) is 2.71. The Morgan fingerprint density at radius 3 is 2.67 bits per heavy atom. The van der Waals surface area contributed by atoms with Crippen LogP contribution in [0.5, 0.6) is 0 Å². The number of benzene rings is 1. The van der Waals surface area contributed by atoms with Gasteiger partial charge in [-0.1, -0.05) is 32.0 Å². The Labute approximate surface area is 108 Å². The van der Waals surface area contributed by atoms with E-state index >= 15 is 0 Å². The normalized spacial score (nSPS) is 12.5. The molecule has 4 heteroatoms. The Balaban J connectivity index is 2.34. The molecule has 0 unspecified atom stereocenters. The molecule has 100 valence electrons. The second-order valence-corrected chi connectivity index (χ2v) is 4.87. The Kier molecular flexibility index (Phi) is 5.78. The SMILES string of the molecule is CC(C)C[C@H](N)C(=O)NCCc1ccccc1F. The highest BCUT2D eigenvalue weighted by molar-refractivity contribution is 5.81. The summed E-state index contributed by atoms with van der Waals surface area (Å²) in [4.78, 5) is 11.6. The molecule has 3 N–H and O–H groups in total. The summed E-state index contributed by atoms with van der Waals surface area (Å²) in [6.07, 6.45) is 1.14. The summed E-state index contributed by atoms with van der Waals surface area (Å²) in [6.45, 7) is 4.45. The number of hydrogen-bond donors (Lipinski definition) is 2. The Morgan fingerprint density at radius 1 is 1.39 bits per heavy atom. The van der Waals surface area contributed by atoms with Gasteiger partial charge in [0.25, 0.3) is 0 Å². The van der Waals surface area contributed by atoms with Crippen molar-refractivity contribution < 1.29 is 9.18 Å².